The lowest BCUT2D eigenvalue weighted by Gasteiger charge is -2.35. The molecule has 0 radical (unpaired) electrons. The van der Waals surface area contributed by atoms with Gasteiger partial charge in [0.25, 0.3) is 0 Å². The van der Waals surface area contributed by atoms with Crippen LogP contribution in [0.25, 0.3) is 0 Å². The molecule has 1 saturated heterocycles. The van der Waals surface area contributed by atoms with Crippen LogP contribution in [-0.4, -0.2) is 52.2 Å². The number of para-hydroxylation sites is 1. The molecule has 8 nitrogen and oxygen atoms in total. The van der Waals surface area contributed by atoms with E-state index in [2.05, 4.69) is 15.3 Å². The lowest BCUT2D eigenvalue weighted by Crippen LogP contribution is -2.46. The first-order valence-electron chi connectivity index (χ1n) is 9.59. The van der Waals surface area contributed by atoms with E-state index in [1.165, 1.54) is 0 Å². The van der Waals surface area contributed by atoms with E-state index in [-0.39, 0.29) is 30.3 Å². The first-order chi connectivity index (χ1) is 13.5. The Kier molecular flexibility index (Phi) is 6.65. The number of hydrogen-bond donors (Lipinski definition) is 2. The maximum absolute atomic E-state index is 12.3. The maximum atomic E-state index is 12.3. The Labute approximate surface area is 164 Å². The summed E-state index contributed by atoms with van der Waals surface area (Å²) < 4.78 is 7.43. The fourth-order valence-electron chi connectivity index (χ4n) is 3.39. The van der Waals surface area contributed by atoms with Crippen molar-refractivity contribution >= 4 is 17.6 Å². The molecule has 0 saturated carbocycles. The number of ether oxygens (including phenoxy) is 1. The van der Waals surface area contributed by atoms with Crippen LogP contribution in [0, 0.1) is 0 Å². The molecule has 28 heavy (non-hydrogen) atoms. The quantitative estimate of drug-likeness (QED) is 0.721. The van der Waals surface area contributed by atoms with Gasteiger partial charge in [-0.05, 0) is 31.9 Å². The molecule has 1 aliphatic rings. The third-order valence-electron chi connectivity index (χ3n) is 5.08. The predicted octanol–water partition coefficient (Wildman–Crippen LogP) is 1.80. The zero-order chi connectivity index (χ0) is 19.9. The second kappa shape index (κ2) is 9.36. The normalized spacial score (nSPS) is 16.5. The minimum absolute atomic E-state index is 0.113. The molecule has 8 heteroatoms. The maximum Gasteiger partial charge on any atom is 0.234 e. The molecule has 1 fully saturated rings. The molecule has 2 aromatic rings. The first kappa shape index (κ1) is 19.9. The molecule has 1 aromatic carbocycles. The molecule has 3 N–H and O–H groups in total. The number of carbonyl (C=O) groups is 2. The highest BCUT2D eigenvalue weighted by Gasteiger charge is 2.27. The molecule has 2 amide bonds. The molecule has 0 unspecified atom stereocenters. The number of benzene rings is 1. The number of hydrogen-bond acceptors (Lipinski definition) is 5. The number of aromatic nitrogens is 2. The van der Waals surface area contributed by atoms with E-state index in [1.54, 1.807) is 12.3 Å². The van der Waals surface area contributed by atoms with E-state index >= 15 is 0 Å². The fourth-order valence-corrected chi connectivity index (χ4v) is 3.39. The largest absolute Gasteiger partial charge is 0.493 e. The van der Waals surface area contributed by atoms with Gasteiger partial charge in [-0.3, -0.25) is 14.5 Å². The number of piperidine rings is 1. The van der Waals surface area contributed by atoms with Gasteiger partial charge in [-0.15, -0.1) is 0 Å². The van der Waals surface area contributed by atoms with Gasteiger partial charge in [0, 0.05) is 19.2 Å². The van der Waals surface area contributed by atoms with Crippen LogP contribution in [0.15, 0.2) is 42.6 Å². The van der Waals surface area contributed by atoms with Crippen molar-refractivity contribution in [2.24, 2.45) is 5.73 Å². The van der Waals surface area contributed by atoms with E-state index in [4.69, 9.17) is 10.5 Å². The highest BCUT2D eigenvalue weighted by atomic mass is 16.5. The van der Waals surface area contributed by atoms with Crippen molar-refractivity contribution in [3.8, 4) is 5.75 Å². The first-order valence-corrected chi connectivity index (χ1v) is 9.59. The summed E-state index contributed by atoms with van der Waals surface area (Å²) in [6.07, 6.45) is 3.64. The summed E-state index contributed by atoms with van der Waals surface area (Å²) in [4.78, 5) is 25.7. The van der Waals surface area contributed by atoms with Crippen LogP contribution in [0.3, 0.4) is 0 Å². The SMILES string of the molecule is C[C@@H](C(N)=O)N1CCC(n2nccc2NC(=O)CCOc2ccccc2)CC1. The number of nitrogens with zero attached hydrogens (tertiary/aromatic N) is 3. The van der Waals surface area contributed by atoms with Crippen LogP contribution in [-0.2, 0) is 9.59 Å². The third kappa shape index (κ3) is 5.10. The monoisotopic (exact) mass is 385 g/mol. The van der Waals surface area contributed by atoms with Crippen molar-refractivity contribution < 1.29 is 14.3 Å². The zero-order valence-electron chi connectivity index (χ0n) is 16.1. The molecule has 0 spiro atoms. The van der Waals surface area contributed by atoms with Crippen LogP contribution in [0.2, 0.25) is 0 Å². The summed E-state index contributed by atoms with van der Waals surface area (Å²) >= 11 is 0. The summed E-state index contributed by atoms with van der Waals surface area (Å²) in [5.41, 5.74) is 5.40. The van der Waals surface area contributed by atoms with Gasteiger partial charge >= 0.3 is 0 Å². The molecule has 1 aliphatic heterocycles. The number of carbonyl (C=O) groups excluding carboxylic acids is 2. The van der Waals surface area contributed by atoms with Gasteiger partial charge in [0.05, 0.1) is 31.3 Å². The Balaban J connectivity index is 1.48. The van der Waals surface area contributed by atoms with Gasteiger partial charge in [-0.25, -0.2) is 4.68 Å². The van der Waals surface area contributed by atoms with Gasteiger partial charge in [-0.1, -0.05) is 18.2 Å². The molecule has 0 aliphatic carbocycles. The Morgan fingerprint density at radius 1 is 1.25 bits per heavy atom. The average molecular weight is 385 g/mol. The average Bonchev–Trinajstić information content (AvgIpc) is 3.16. The third-order valence-corrected chi connectivity index (χ3v) is 5.08. The van der Waals surface area contributed by atoms with E-state index in [1.807, 2.05) is 41.9 Å². The van der Waals surface area contributed by atoms with Gasteiger partial charge in [-0.2, -0.15) is 5.10 Å². The van der Waals surface area contributed by atoms with Crippen LogP contribution >= 0.6 is 0 Å². The molecule has 1 aromatic heterocycles. The molecular weight excluding hydrogens is 358 g/mol. The topological polar surface area (TPSA) is 102 Å². The fraction of sp³-hybridized carbons (Fsp3) is 0.450. The van der Waals surface area contributed by atoms with Crippen molar-refractivity contribution in [2.45, 2.75) is 38.3 Å². The lowest BCUT2D eigenvalue weighted by atomic mass is 10.0. The lowest BCUT2D eigenvalue weighted by molar-refractivity contribution is -0.123. The van der Waals surface area contributed by atoms with Gasteiger partial charge in [0.15, 0.2) is 0 Å². The van der Waals surface area contributed by atoms with Crippen molar-refractivity contribution in [2.75, 3.05) is 25.0 Å². The van der Waals surface area contributed by atoms with Gasteiger partial charge < -0.3 is 15.8 Å². The van der Waals surface area contributed by atoms with Crippen molar-refractivity contribution in [1.29, 1.82) is 0 Å². The highest BCUT2D eigenvalue weighted by Crippen LogP contribution is 2.26. The molecule has 1 atom stereocenters. The van der Waals surface area contributed by atoms with Gasteiger partial charge in [0.1, 0.15) is 11.6 Å². The Morgan fingerprint density at radius 3 is 2.64 bits per heavy atom. The van der Waals surface area contributed by atoms with Crippen LogP contribution in [0.5, 0.6) is 5.75 Å². The standard InChI is InChI=1S/C20H27N5O3/c1-15(20(21)27)24-12-8-16(9-13-24)25-18(7-11-22-25)23-19(26)10-14-28-17-5-3-2-4-6-17/h2-7,11,15-16H,8-10,12-14H2,1H3,(H2,21,27)(H,23,26)/t15-/m0/s1. The molecular formula is C20H27N5O3. The summed E-state index contributed by atoms with van der Waals surface area (Å²) in [5.74, 6) is 1.02. The summed E-state index contributed by atoms with van der Waals surface area (Å²) in [6.45, 7) is 3.69. The number of primary amides is 1. The van der Waals surface area contributed by atoms with Crippen LogP contribution < -0.4 is 15.8 Å². The van der Waals surface area contributed by atoms with E-state index in [0.717, 1.165) is 31.7 Å². The van der Waals surface area contributed by atoms with E-state index < -0.39 is 0 Å². The second-order valence-corrected chi connectivity index (χ2v) is 6.97. The smallest absolute Gasteiger partial charge is 0.234 e. The number of nitrogens with two attached hydrogens (primary N) is 1. The van der Waals surface area contributed by atoms with Crippen molar-refractivity contribution in [3.05, 3.63) is 42.6 Å². The minimum Gasteiger partial charge on any atom is -0.493 e. The van der Waals surface area contributed by atoms with E-state index in [0.29, 0.717) is 12.4 Å². The number of rotatable bonds is 8. The Bertz CT molecular complexity index is 784. The van der Waals surface area contributed by atoms with Crippen molar-refractivity contribution in [1.82, 2.24) is 14.7 Å². The summed E-state index contributed by atoms with van der Waals surface area (Å²) in [5, 5.41) is 7.31. The molecule has 0 bridgehead atoms. The number of likely N-dealkylation sites (tertiary alicyclic amines) is 1. The highest BCUT2D eigenvalue weighted by molar-refractivity contribution is 5.89. The number of anilines is 1. The zero-order valence-corrected chi connectivity index (χ0v) is 16.1. The number of amides is 2. The number of nitrogens with one attached hydrogen (secondary N) is 1. The Hall–Kier alpha value is -2.87. The molecule has 3 rings (SSSR count). The molecule has 2 heterocycles. The van der Waals surface area contributed by atoms with Crippen LogP contribution in [0.4, 0.5) is 5.82 Å². The summed E-state index contributed by atoms with van der Waals surface area (Å²) in [7, 11) is 0. The predicted molar refractivity (Wildman–Crippen MR) is 106 cm³/mol. The summed E-state index contributed by atoms with van der Waals surface area (Å²) in [6, 6.07) is 11.1. The van der Waals surface area contributed by atoms with Crippen molar-refractivity contribution in [3.63, 3.8) is 0 Å². The molecule has 150 valence electrons. The minimum atomic E-state index is -0.303. The van der Waals surface area contributed by atoms with E-state index in [9.17, 15) is 9.59 Å². The van der Waals surface area contributed by atoms with Gasteiger partial charge in [0.2, 0.25) is 11.8 Å². The van der Waals surface area contributed by atoms with Crippen LogP contribution in [0.1, 0.15) is 32.2 Å². The second-order valence-electron chi connectivity index (χ2n) is 6.97. The Morgan fingerprint density at radius 2 is 1.96 bits per heavy atom.